The number of ether oxygens (including phenoxy) is 3. The molecule has 0 fully saturated rings. The zero-order chi connectivity index (χ0) is 21.2. The molecule has 1 atom stereocenters. The molecular weight excluding hydrogens is 493 g/mol. The molecule has 2 aromatic carbocycles. The van der Waals surface area contributed by atoms with Gasteiger partial charge in [0.1, 0.15) is 0 Å². The monoisotopic (exact) mass is 527 g/mol. The second-order valence-corrected chi connectivity index (χ2v) is 6.94. The molecule has 2 aromatic rings. The lowest BCUT2D eigenvalue weighted by atomic mass is 10.0. The Morgan fingerprint density at radius 2 is 1.60 bits per heavy atom. The molecule has 30 heavy (non-hydrogen) atoms. The Labute approximate surface area is 197 Å². The van der Waals surface area contributed by atoms with Crippen LogP contribution in [0, 0.1) is 6.92 Å². The van der Waals surface area contributed by atoms with E-state index in [1.54, 1.807) is 28.4 Å². The number of halogens is 1. The van der Waals surface area contributed by atoms with Gasteiger partial charge in [-0.3, -0.25) is 4.99 Å². The average Bonchev–Trinajstić information content (AvgIpc) is 2.75. The standard InChI is InChI=1S/C23H33N3O3.HI/c1-16-7-9-18(10-8-16)17(2)15-26-23(24-3)25-14-13-19-11-12-20(27-4)22(29-6)21(19)28-5;/h7-12,17H,13-15H2,1-6H3,(H2,24,25,26);1H. The Bertz CT molecular complexity index is 810. The fraction of sp³-hybridized carbons (Fsp3) is 0.435. The molecule has 0 heterocycles. The molecule has 0 bridgehead atoms. The van der Waals surface area contributed by atoms with Gasteiger partial charge in [0.15, 0.2) is 17.5 Å². The fourth-order valence-electron chi connectivity index (χ4n) is 3.16. The first-order valence-corrected chi connectivity index (χ1v) is 9.82. The normalized spacial score (nSPS) is 11.9. The van der Waals surface area contributed by atoms with Crippen LogP contribution in [0.25, 0.3) is 0 Å². The van der Waals surface area contributed by atoms with Gasteiger partial charge in [-0.25, -0.2) is 0 Å². The highest BCUT2D eigenvalue weighted by Gasteiger charge is 2.15. The van der Waals surface area contributed by atoms with E-state index >= 15 is 0 Å². The summed E-state index contributed by atoms with van der Waals surface area (Å²) in [5.74, 6) is 3.14. The number of benzene rings is 2. The molecule has 6 nitrogen and oxygen atoms in total. The molecule has 0 radical (unpaired) electrons. The highest BCUT2D eigenvalue weighted by Crippen LogP contribution is 2.39. The Kier molecular flexibility index (Phi) is 11.4. The van der Waals surface area contributed by atoms with Crippen molar-refractivity contribution >= 4 is 29.9 Å². The van der Waals surface area contributed by atoms with E-state index in [9.17, 15) is 0 Å². The number of nitrogens with one attached hydrogen (secondary N) is 2. The molecule has 0 aliphatic carbocycles. The molecule has 166 valence electrons. The molecule has 0 aliphatic rings. The van der Waals surface area contributed by atoms with Crippen molar-refractivity contribution in [1.82, 2.24) is 10.6 Å². The maximum Gasteiger partial charge on any atom is 0.203 e. The van der Waals surface area contributed by atoms with Crippen LogP contribution in [0.15, 0.2) is 41.4 Å². The zero-order valence-corrected chi connectivity index (χ0v) is 21.1. The van der Waals surface area contributed by atoms with Gasteiger partial charge in [-0.15, -0.1) is 24.0 Å². The number of aliphatic imine (C=N–C) groups is 1. The lowest BCUT2D eigenvalue weighted by molar-refractivity contribution is 0.322. The second-order valence-electron chi connectivity index (χ2n) is 6.94. The molecule has 0 amide bonds. The third-order valence-electron chi connectivity index (χ3n) is 4.92. The van der Waals surface area contributed by atoms with Crippen LogP contribution in [0.5, 0.6) is 17.2 Å². The molecule has 0 saturated carbocycles. The smallest absolute Gasteiger partial charge is 0.203 e. The van der Waals surface area contributed by atoms with Crippen LogP contribution in [-0.4, -0.2) is 47.4 Å². The van der Waals surface area contributed by atoms with Gasteiger partial charge < -0.3 is 24.8 Å². The summed E-state index contributed by atoms with van der Waals surface area (Å²) in [5, 5.41) is 6.76. The minimum Gasteiger partial charge on any atom is -0.493 e. The Morgan fingerprint density at radius 1 is 0.933 bits per heavy atom. The van der Waals surface area contributed by atoms with Gasteiger partial charge >= 0.3 is 0 Å². The molecule has 2 rings (SSSR count). The van der Waals surface area contributed by atoms with Crippen molar-refractivity contribution in [2.45, 2.75) is 26.2 Å². The Hall–Kier alpha value is -2.16. The van der Waals surface area contributed by atoms with Crippen molar-refractivity contribution in [3.8, 4) is 17.2 Å². The summed E-state index contributed by atoms with van der Waals surface area (Å²) in [7, 11) is 6.65. The highest BCUT2D eigenvalue weighted by molar-refractivity contribution is 14.0. The number of guanidine groups is 1. The molecule has 0 aliphatic heterocycles. The first-order valence-electron chi connectivity index (χ1n) is 9.82. The van der Waals surface area contributed by atoms with Gasteiger partial charge in [-0.1, -0.05) is 42.8 Å². The van der Waals surface area contributed by atoms with E-state index in [0.717, 1.165) is 24.5 Å². The summed E-state index contributed by atoms with van der Waals surface area (Å²) >= 11 is 0. The highest BCUT2D eigenvalue weighted by atomic mass is 127. The minimum absolute atomic E-state index is 0. The molecule has 0 aromatic heterocycles. The third-order valence-corrected chi connectivity index (χ3v) is 4.92. The lowest BCUT2D eigenvalue weighted by Crippen LogP contribution is -2.39. The fourth-order valence-corrected chi connectivity index (χ4v) is 3.16. The van der Waals surface area contributed by atoms with Gasteiger partial charge in [-0.2, -0.15) is 0 Å². The topological polar surface area (TPSA) is 64.1 Å². The summed E-state index contributed by atoms with van der Waals surface area (Å²) in [6.07, 6.45) is 0.762. The van der Waals surface area contributed by atoms with Gasteiger partial charge in [0, 0.05) is 25.7 Å². The number of nitrogens with zero attached hydrogens (tertiary/aromatic N) is 1. The van der Waals surface area contributed by atoms with Crippen LogP contribution in [0.4, 0.5) is 0 Å². The predicted molar refractivity (Wildman–Crippen MR) is 134 cm³/mol. The van der Waals surface area contributed by atoms with E-state index in [4.69, 9.17) is 14.2 Å². The maximum atomic E-state index is 5.55. The average molecular weight is 527 g/mol. The van der Waals surface area contributed by atoms with Crippen LogP contribution >= 0.6 is 24.0 Å². The summed E-state index contributed by atoms with van der Waals surface area (Å²) in [6.45, 7) is 5.83. The van der Waals surface area contributed by atoms with E-state index in [-0.39, 0.29) is 24.0 Å². The molecule has 1 unspecified atom stereocenters. The molecular formula is C23H34IN3O3. The Balaban J connectivity index is 0.00000450. The summed E-state index contributed by atoms with van der Waals surface area (Å²) in [4.78, 5) is 4.32. The van der Waals surface area contributed by atoms with Crippen LogP contribution in [0.2, 0.25) is 0 Å². The summed E-state index contributed by atoms with van der Waals surface area (Å²) in [5.41, 5.74) is 3.63. The van der Waals surface area contributed by atoms with Crippen molar-refractivity contribution < 1.29 is 14.2 Å². The van der Waals surface area contributed by atoms with Gasteiger partial charge in [0.05, 0.1) is 21.3 Å². The van der Waals surface area contributed by atoms with Crippen LogP contribution < -0.4 is 24.8 Å². The molecule has 7 heteroatoms. The van der Waals surface area contributed by atoms with E-state index in [2.05, 4.69) is 53.7 Å². The number of methoxy groups -OCH3 is 3. The van der Waals surface area contributed by atoms with Gasteiger partial charge in [0.25, 0.3) is 0 Å². The number of aryl methyl sites for hydroxylation is 1. The largest absolute Gasteiger partial charge is 0.493 e. The van der Waals surface area contributed by atoms with Crippen molar-refractivity contribution in [2.24, 2.45) is 4.99 Å². The molecule has 0 spiro atoms. The van der Waals surface area contributed by atoms with Crippen LogP contribution in [0.1, 0.15) is 29.5 Å². The predicted octanol–water partition coefficient (Wildman–Crippen LogP) is 4.15. The lowest BCUT2D eigenvalue weighted by Gasteiger charge is -2.18. The van der Waals surface area contributed by atoms with Crippen molar-refractivity contribution in [3.63, 3.8) is 0 Å². The van der Waals surface area contributed by atoms with Gasteiger partial charge in [-0.05, 0) is 30.9 Å². The molecule has 2 N–H and O–H groups in total. The summed E-state index contributed by atoms with van der Waals surface area (Å²) < 4.78 is 16.3. The summed E-state index contributed by atoms with van der Waals surface area (Å²) in [6, 6.07) is 12.6. The first-order chi connectivity index (χ1) is 14.0. The van der Waals surface area contributed by atoms with Crippen LogP contribution in [0.3, 0.4) is 0 Å². The maximum absolute atomic E-state index is 5.55. The van der Waals surface area contributed by atoms with Crippen molar-refractivity contribution in [2.75, 3.05) is 41.5 Å². The number of rotatable bonds is 9. The van der Waals surface area contributed by atoms with E-state index in [1.807, 2.05) is 12.1 Å². The SMILES string of the molecule is CN=C(NCCc1ccc(OC)c(OC)c1OC)NCC(C)c1ccc(C)cc1.I. The number of hydrogen-bond donors (Lipinski definition) is 2. The quantitative estimate of drug-likeness (QED) is 0.292. The second kappa shape index (κ2) is 13.2. The van der Waals surface area contributed by atoms with Crippen molar-refractivity contribution in [3.05, 3.63) is 53.1 Å². The zero-order valence-electron chi connectivity index (χ0n) is 18.7. The van der Waals surface area contributed by atoms with E-state index in [0.29, 0.717) is 29.7 Å². The minimum atomic E-state index is 0. The first kappa shape index (κ1) is 25.9. The molecule has 0 saturated heterocycles. The Morgan fingerprint density at radius 3 is 2.17 bits per heavy atom. The van der Waals surface area contributed by atoms with Gasteiger partial charge in [0.2, 0.25) is 5.75 Å². The van der Waals surface area contributed by atoms with Crippen LogP contribution in [-0.2, 0) is 6.42 Å². The van der Waals surface area contributed by atoms with Crippen molar-refractivity contribution in [1.29, 1.82) is 0 Å². The third kappa shape index (κ3) is 6.97. The number of hydrogen-bond acceptors (Lipinski definition) is 4. The van der Waals surface area contributed by atoms with E-state index < -0.39 is 0 Å². The van der Waals surface area contributed by atoms with E-state index in [1.165, 1.54) is 11.1 Å².